The van der Waals surface area contributed by atoms with Crippen LogP contribution in [-0.2, 0) is 14.3 Å². The van der Waals surface area contributed by atoms with Crippen LogP contribution in [0.2, 0.25) is 0 Å². The van der Waals surface area contributed by atoms with Gasteiger partial charge in [-0.25, -0.2) is 0 Å². The molecule has 2 bridgehead atoms. The van der Waals surface area contributed by atoms with Gasteiger partial charge in [-0.2, -0.15) is 0 Å². The van der Waals surface area contributed by atoms with E-state index in [4.69, 9.17) is 4.74 Å². The topological polar surface area (TPSA) is 83.8 Å². The van der Waals surface area contributed by atoms with E-state index < -0.39 is 33.2 Å². The van der Waals surface area contributed by atoms with Crippen LogP contribution in [-0.4, -0.2) is 38.8 Å². The number of hydrogen-bond donors (Lipinski definition) is 2. The number of hydrogen-bond acceptors (Lipinski definition) is 5. The second-order valence-corrected chi connectivity index (χ2v) is 14.4. The zero-order valence-corrected chi connectivity index (χ0v) is 22.2. The van der Waals surface area contributed by atoms with Crippen LogP contribution in [0.4, 0.5) is 0 Å². The van der Waals surface area contributed by atoms with Crippen molar-refractivity contribution >= 4 is 11.6 Å². The predicted octanol–water partition coefficient (Wildman–Crippen LogP) is 4.75. The van der Waals surface area contributed by atoms with Crippen molar-refractivity contribution in [2.24, 2.45) is 45.3 Å². The zero-order chi connectivity index (χ0) is 25.6. The van der Waals surface area contributed by atoms with Crippen molar-refractivity contribution in [2.45, 2.75) is 103 Å². The Hall–Kier alpha value is -1.30. The summed E-state index contributed by atoms with van der Waals surface area (Å²) in [7, 11) is 0. The molecule has 4 saturated carbocycles. The van der Waals surface area contributed by atoms with Crippen molar-refractivity contribution in [3.63, 3.8) is 0 Å². The van der Waals surface area contributed by atoms with Crippen LogP contribution < -0.4 is 0 Å². The Kier molecular flexibility index (Phi) is 4.39. The Morgan fingerprint density at radius 2 is 1.77 bits per heavy atom. The number of carbonyl (C=O) groups is 2. The van der Waals surface area contributed by atoms with Crippen molar-refractivity contribution in [3.05, 3.63) is 24.3 Å². The maximum atomic E-state index is 15.1. The number of rotatable bonds is 2. The van der Waals surface area contributed by atoms with Crippen LogP contribution in [0.1, 0.15) is 86.5 Å². The molecule has 1 spiro atoms. The second kappa shape index (κ2) is 6.39. The lowest BCUT2D eigenvalue weighted by atomic mass is 9.42. The third-order valence-electron chi connectivity index (χ3n) is 12.0. The molecule has 5 fully saturated rings. The van der Waals surface area contributed by atoms with Crippen molar-refractivity contribution in [3.8, 4) is 0 Å². The fraction of sp³-hybridized carbons (Fsp3) is 0.800. The maximum absolute atomic E-state index is 15.1. The lowest BCUT2D eigenvalue weighted by molar-refractivity contribution is -0.272. The van der Waals surface area contributed by atoms with Gasteiger partial charge in [-0.05, 0) is 75.5 Å². The molecule has 6 aliphatic rings. The lowest BCUT2D eigenvalue weighted by Crippen LogP contribution is -2.73. The molecule has 2 N–H and O–H groups in total. The molecule has 5 heteroatoms. The first-order valence-electron chi connectivity index (χ1n) is 13.7. The third-order valence-corrected chi connectivity index (χ3v) is 12.0. The Labute approximate surface area is 209 Å². The van der Waals surface area contributed by atoms with Crippen molar-refractivity contribution in [1.29, 1.82) is 0 Å². The molecule has 6 rings (SSSR count). The first kappa shape index (κ1) is 24.1. The summed E-state index contributed by atoms with van der Waals surface area (Å²) >= 11 is 0. The van der Waals surface area contributed by atoms with Gasteiger partial charge in [0, 0.05) is 11.3 Å². The standard InChI is InChI=1S/C30H42O5/c1-8-18-14-19-21-25(6,7)35-30(34)22(31)26(15-18)16-27(33)12-9-11-24(4,5)20(27)10-13-28(19,26)23(32)29(21,30)17(2)3/h8,14,17,19-21,33-34H,1,9-13,15-16H2,2-7H3/t19?,20-,21+,26-,27-,28-,29+,30-/m0/s1. The minimum absolute atomic E-state index is 0.00223. The average Bonchev–Trinajstić information content (AvgIpc) is 3.03. The summed E-state index contributed by atoms with van der Waals surface area (Å²) < 4.78 is 6.38. The SMILES string of the molecule is C=CC1=CC2[C@@H]3C(C)(C)O[C@@]4(O)C(=O)[C@]5(C1)C[C@@]1(O)CCCC(C)(C)[C@@H]1CC[C@@]25C(=O)[C@@]34C(C)C. The minimum atomic E-state index is -2.19. The number of ketones is 2. The quantitative estimate of drug-likeness (QED) is 0.593. The van der Waals surface area contributed by atoms with Crippen molar-refractivity contribution < 1.29 is 24.5 Å². The molecular formula is C30H42O5. The summed E-state index contributed by atoms with van der Waals surface area (Å²) in [6.07, 6.45) is 8.40. The molecule has 0 amide bonds. The Morgan fingerprint density at radius 3 is 2.40 bits per heavy atom. The van der Waals surface area contributed by atoms with E-state index in [1.807, 2.05) is 33.8 Å². The van der Waals surface area contributed by atoms with E-state index >= 15 is 4.79 Å². The summed E-state index contributed by atoms with van der Waals surface area (Å²) in [5.74, 6) is -3.35. The monoisotopic (exact) mass is 482 g/mol. The van der Waals surface area contributed by atoms with Crippen LogP contribution in [0.15, 0.2) is 24.3 Å². The fourth-order valence-corrected chi connectivity index (χ4v) is 11.2. The highest BCUT2D eigenvalue weighted by atomic mass is 16.7. The average molecular weight is 483 g/mol. The van der Waals surface area contributed by atoms with E-state index in [9.17, 15) is 15.0 Å². The zero-order valence-electron chi connectivity index (χ0n) is 22.2. The van der Waals surface area contributed by atoms with Crippen LogP contribution in [0.25, 0.3) is 0 Å². The Bertz CT molecular complexity index is 1080. The highest BCUT2D eigenvalue weighted by Crippen LogP contribution is 2.83. The third kappa shape index (κ3) is 2.22. The number of allylic oxidation sites excluding steroid dienone is 3. The molecule has 0 aromatic carbocycles. The Balaban J connectivity index is 1.70. The largest absolute Gasteiger partial charge is 0.390 e. The molecule has 5 nitrogen and oxygen atoms in total. The number of carbonyl (C=O) groups excluding carboxylic acids is 2. The molecule has 1 aliphatic heterocycles. The van der Waals surface area contributed by atoms with E-state index in [2.05, 4.69) is 26.5 Å². The molecule has 35 heavy (non-hydrogen) atoms. The van der Waals surface area contributed by atoms with Gasteiger partial charge in [0.1, 0.15) is 0 Å². The van der Waals surface area contributed by atoms with E-state index in [1.165, 1.54) is 0 Å². The van der Waals surface area contributed by atoms with Gasteiger partial charge in [0.15, 0.2) is 11.6 Å². The number of fused-ring (bicyclic) bond motifs is 2. The molecule has 8 atom stereocenters. The van der Waals surface area contributed by atoms with Gasteiger partial charge in [-0.15, -0.1) is 0 Å². The summed E-state index contributed by atoms with van der Waals surface area (Å²) in [5, 5.41) is 24.7. The molecule has 1 unspecified atom stereocenters. The molecule has 1 heterocycles. The smallest absolute Gasteiger partial charge is 0.241 e. The first-order valence-corrected chi connectivity index (χ1v) is 13.7. The van der Waals surface area contributed by atoms with Gasteiger partial charge in [0.25, 0.3) is 0 Å². The normalized spacial score (nSPS) is 53.1. The van der Waals surface area contributed by atoms with E-state index in [1.54, 1.807) is 0 Å². The molecule has 192 valence electrons. The van der Waals surface area contributed by atoms with Crippen LogP contribution in [0.5, 0.6) is 0 Å². The van der Waals surface area contributed by atoms with Crippen molar-refractivity contribution in [2.75, 3.05) is 0 Å². The minimum Gasteiger partial charge on any atom is -0.390 e. The van der Waals surface area contributed by atoms with Crippen LogP contribution >= 0.6 is 0 Å². The van der Waals surface area contributed by atoms with Crippen LogP contribution in [0, 0.1) is 45.3 Å². The van der Waals surface area contributed by atoms with Crippen molar-refractivity contribution in [1.82, 2.24) is 0 Å². The van der Waals surface area contributed by atoms with Crippen LogP contribution in [0.3, 0.4) is 0 Å². The highest BCUT2D eigenvalue weighted by Gasteiger charge is 2.93. The molecule has 5 aliphatic carbocycles. The summed E-state index contributed by atoms with van der Waals surface area (Å²) in [6.45, 7) is 16.3. The first-order chi connectivity index (χ1) is 16.1. The second-order valence-electron chi connectivity index (χ2n) is 14.4. The van der Waals surface area contributed by atoms with Gasteiger partial charge in [0.05, 0.1) is 22.0 Å². The number of ether oxygens (including phenoxy) is 1. The van der Waals surface area contributed by atoms with Gasteiger partial charge in [0.2, 0.25) is 5.79 Å². The molecule has 0 aromatic heterocycles. The lowest BCUT2D eigenvalue weighted by Gasteiger charge is -2.60. The van der Waals surface area contributed by atoms with E-state index in [0.717, 1.165) is 24.8 Å². The molecule has 0 aromatic rings. The van der Waals surface area contributed by atoms with Gasteiger partial charge in [-0.1, -0.05) is 58.4 Å². The Morgan fingerprint density at radius 1 is 1.09 bits per heavy atom. The molecule has 1 saturated heterocycles. The fourth-order valence-electron chi connectivity index (χ4n) is 11.2. The van der Waals surface area contributed by atoms with Gasteiger partial charge < -0.3 is 14.9 Å². The van der Waals surface area contributed by atoms with E-state index in [0.29, 0.717) is 19.3 Å². The summed E-state index contributed by atoms with van der Waals surface area (Å²) in [5.41, 5.74) is -4.44. The highest BCUT2D eigenvalue weighted by molar-refractivity contribution is 6.13. The maximum Gasteiger partial charge on any atom is 0.241 e. The predicted molar refractivity (Wildman–Crippen MR) is 132 cm³/mol. The molecular weight excluding hydrogens is 440 g/mol. The summed E-state index contributed by atoms with van der Waals surface area (Å²) in [4.78, 5) is 30.1. The van der Waals surface area contributed by atoms with Gasteiger partial charge >= 0.3 is 0 Å². The van der Waals surface area contributed by atoms with E-state index in [-0.39, 0.29) is 47.1 Å². The van der Waals surface area contributed by atoms with Gasteiger partial charge in [-0.3, -0.25) is 9.59 Å². The number of Topliss-reactive ketones (excluding diaryl/α,β-unsaturated/α-hetero) is 2. The summed E-state index contributed by atoms with van der Waals surface area (Å²) in [6, 6.07) is 0. The molecule has 0 radical (unpaired) electrons. The number of aliphatic hydroxyl groups is 2.